The Kier molecular flexibility index (Phi) is 7.53. The molecule has 184 valence electrons. The van der Waals surface area contributed by atoms with Crippen molar-refractivity contribution in [3.63, 3.8) is 0 Å². The van der Waals surface area contributed by atoms with Gasteiger partial charge in [-0.2, -0.15) is 5.10 Å². The standard InChI is InChI=1S/C26H32N6O3/c1-26(2,3)16-18(33)17-32(4)25-20-7-5-8-21(20)29-24(30-25)22-15-19(10-12-27-22)34-13-14-35-23-9-6-11-28-31-23/h6,9-12,15H,5,7-8,13-14,16-17H2,1-4H3. The van der Waals surface area contributed by atoms with Gasteiger partial charge in [-0.3, -0.25) is 9.78 Å². The van der Waals surface area contributed by atoms with Crippen molar-refractivity contribution in [2.24, 2.45) is 5.41 Å². The summed E-state index contributed by atoms with van der Waals surface area (Å²) in [6.07, 6.45) is 6.66. The summed E-state index contributed by atoms with van der Waals surface area (Å²) >= 11 is 0. The third-order valence-corrected chi connectivity index (χ3v) is 5.52. The lowest BCUT2D eigenvalue weighted by Gasteiger charge is -2.23. The van der Waals surface area contributed by atoms with Crippen LogP contribution in [0.25, 0.3) is 11.5 Å². The third kappa shape index (κ3) is 6.71. The van der Waals surface area contributed by atoms with Crippen molar-refractivity contribution >= 4 is 11.6 Å². The normalized spacial score (nSPS) is 12.8. The molecular formula is C26H32N6O3. The Morgan fingerprint density at radius 1 is 1.09 bits per heavy atom. The number of pyridine rings is 1. The Labute approximate surface area is 205 Å². The van der Waals surface area contributed by atoms with Crippen LogP contribution in [0.5, 0.6) is 11.6 Å². The van der Waals surface area contributed by atoms with Crippen molar-refractivity contribution in [2.75, 3.05) is 31.7 Å². The second-order valence-electron chi connectivity index (χ2n) is 9.92. The van der Waals surface area contributed by atoms with Crippen molar-refractivity contribution in [1.82, 2.24) is 25.1 Å². The van der Waals surface area contributed by atoms with Gasteiger partial charge < -0.3 is 14.4 Å². The number of ether oxygens (including phenoxy) is 2. The van der Waals surface area contributed by atoms with Gasteiger partial charge >= 0.3 is 0 Å². The molecule has 9 nitrogen and oxygen atoms in total. The number of fused-ring (bicyclic) bond motifs is 1. The lowest BCUT2D eigenvalue weighted by Crippen LogP contribution is -2.30. The Hall–Kier alpha value is -3.62. The zero-order valence-electron chi connectivity index (χ0n) is 20.8. The molecule has 0 bridgehead atoms. The van der Waals surface area contributed by atoms with E-state index >= 15 is 0 Å². The number of Topliss-reactive ketones (excluding diaryl/α,β-unsaturated/α-hetero) is 1. The van der Waals surface area contributed by atoms with Crippen molar-refractivity contribution < 1.29 is 14.3 Å². The molecule has 4 rings (SSSR count). The lowest BCUT2D eigenvalue weighted by molar-refractivity contribution is -0.119. The van der Waals surface area contributed by atoms with Gasteiger partial charge in [0.25, 0.3) is 0 Å². The molecule has 0 radical (unpaired) electrons. The number of rotatable bonds is 10. The molecule has 3 aromatic rings. The largest absolute Gasteiger partial charge is 0.490 e. The maximum absolute atomic E-state index is 12.6. The lowest BCUT2D eigenvalue weighted by atomic mass is 9.90. The molecule has 3 heterocycles. The van der Waals surface area contributed by atoms with Crippen molar-refractivity contribution in [2.45, 2.75) is 46.5 Å². The highest BCUT2D eigenvalue weighted by Gasteiger charge is 2.24. The number of aromatic nitrogens is 5. The molecule has 0 saturated heterocycles. The van der Waals surface area contributed by atoms with E-state index < -0.39 is 0 Å². The molecule has 0 N–H and O–H groups in total. The van der Waals surface area contributed by atoms with Crippen molar-refractivity contribution in [3.8, 4) is 23.1 Å². The molecule has 0 unspecified atom stereocenters. The smallest absolute Gasteiger partial charge is 0.233 e. The summed E-state index contributed by atoms with van der Waals surface area (Å²) in [7, 11) is 1.93. The minimum atomic E-state index is -0.0411. The summed E-state index contributed by atoms with van der Waals surface area (Å²) in [5, 5.41) is 7.67. The van der Waals surface area contributed by atoms with Gasteiger partial charge in [-0.1, -0.05) is 20.8 Å². The number of carbonyl (C=O) groups is 1. The Morgan fingerprint density at radius 2 is 1.91 bits per heavy atom. The van der Waals surface area contributed by atoms with Gasteiger partial charge in [-0.05, 0) is 36.8 Å². The number of nitrogens with zero attached hydrogens (tertiary/aromatic N) is 6. The fourth-order valence-corrected chi connectivity index (χ4v) is 4.12. The highest BCUT2D eigenvalue weighted by molar-refractivity contribution is 5.84. The topological polar surface area (TPSA) is 103 Å². The fraction of sp³-hybridized carbons (Fsp3) is 0.462. The second-order valence-corrected chi connectivity index (χ2v) is 9.92. The first-order valence-electron chi connectivity index (χ1n) is 11.9. The Morgan fingerprint density at radius 3 is 2.69 bits per heavy atom. The quantitative estimate of drug-likeness (QED) is 0.405. The SMILES string of the molecule is CN(CC(=O)CC(C)(C)C)c1nc(-c2cc(OCCOc3cccnn3)ccn2)nc2c1CCC2. The van der Waals surface area contributed by atoms with Crippen LogP contribution >= 0.6 is 0 Å². The van der Waals surface area contributed by atoms with E-state index in [0.717, 1.165) is 36.3 Å². The van der Waals surface area contributed by atoms with Gasteiger partial charge in [0, 0.05) is 49.3 Å². The van der Waals surface area contributed by atoms with Crippen molar-refractivity contribution in [1.29, 1.82) is 0 Å². The molecule has 35 heavy (non-hydrogen) atoms. The highest BCUT2D eigenvalue weighted by atomic mass is 16.5. The monoisotopic (exact) mass is 476 g/mol. The minimum Gasteiger partial charge on any atom is -0.490 e. The summed E-state index contributed by atoms with van der Waals surface area (Å²) in [5.74, 6) is 2.66. The van der Waals surface area contributed by atoms with E-state index in [9.17, 15) is 4.79 Å². The summed E-state index contributed by atoms with van der Waals surface area (Å²) in [5.41, 5.74) is 2.75. The molecule has 3 aromatic heterocycles. The molecule has 0 atom stereocenters. The molecule has 0 spiro atoms. The Balaban J connectivity index is 1.47. The van der Waals surface area contributed by atoms with Crippen LogP contribution in [0, 0.1) is 5.41 Å². The molecule has 1 aliphatic carbocycles. The van der Waals surface area contributed by atoms with Gasteiger partial charge in [-0.25, -0.2) is 9.97 Å². The molecular weight excluding hydrogens is 444 g/mol. The maximum Gasteiger partial charge on any atom is 0.233 e. The molecule has 9 heteroatoms. The average Bonchev–Trinajstić information content (AvgIpc) is 3.29. The number of hydrogen-bond acceptors (Lipinski definition) is 9. The second kappa shape index (κ2) is 10.8. The van der Waals surface area contributed by atoms with E-state index in [1.807, 2.05) is 18.0 Å². The van der Waals surface area contributed by atoms with Crippen molar-refractivity contribution in [3.05, 3.63) is 47.9 Å². The Bertz CT molecular complexity index is 1160. The van der Waals surface area contributed by atoms with Crippen LogP contribution in [0.15, 0.2) is 36.7 Å². The molecule has 0 fully saturated rings. The number of ketones is 1. The number of anilines is 1. The third-order valence-electron chi connectivity index (χ3n) is 5.52. The van der Waals surface area contributed by atoms with Crippen LogP contribution in [0.4, 0.5) is 5.82 Å². The van der Waals surface area contributed by atoms with Crippen LogP contribution < -0.4 is 14.4 Å². The van der Waals surface area contributed by atoms with Crippen LogP contribution in [0.3, 0.4) is 0 Å². The molecule has 0 amide bonds. The number of aryl methyl sites for hydroxylation is 1. The molecule has 0 aliphatic heterocycles. The van der Waals surface area contributed by atoms with E-state index in [1.165, 1.54) is 0 Å². The first-order valence-corrected chi connectivity index (χ1v) is 11.9. The average molecular weight is 477 g/mol. The van der Waals surface area contributed by atoms with E-state index in [2.05, 4.69) is 36.0 Å². The van der Waals surface area contributed by atoms with E-state index in [-0.39, 0.29) is 11.2 Å². The van der Waals surface area contributed by atoms with E-state index in [0.29, 0.717) is 49.3 Å². The van der Waals surface area contributed by atoms with Gasteiger partial charge in [0.05, 0.1) is 6.54 Å². The van der Waals surface area contributed by atoms with Gasteiger partial charge in [0.2, 0.25) is 5.88 Å². The summed E-state index contributed by atoms with van der Waals surface area (Å²) in [6, 6.07) is 7.13. The number of likely N-dealkylation sites (N-methyl/N-ethyl adjacent to an activating group) is 1. The summed E-state index contributed by atoms with van der Waals surface area (Å²) in [4.78, 5) is 28.7. The van der Waals surface area contributed by atoms with Crippen LogP contribution in [0.1, 0.15) is 44.9 Å². The van der Waals surface area contributed by atoms with E-state index in [1.54, 1.807) is 30.6 Å². The number of carbonyl (C=O) groups excluding carboxylic acids is 1. The first-order chi connectivity index (χ1) is 16.8. The van der Waals surface area contributed by atoms with E-state index in [4.69, 9.17) is 19.4 Å². The minimum absolute atomic E-state index is 0.0411. The van der Waals surface area contributed by atoms with Gasteiger partial charge in [0.15, 0.2) is 11.6 Å². The highest BCUT2D eigenvalue weighted by Crippen LogP contribution is 2.31. The fourth-order valence-electron chi connectivity index (χ4n) is 4.12. The maximum atomic E-state index is 12.6. The predicted molar refractivity (Wildman–Crippen MR) is 133 cm³/mol. The van der Waals surface area contributed by atoms with Crippen LogP contribution in [0.2, 0.25) is 0 Å². The van der Waals surface area contributed by atoms with Crippen LogP contribution in [-0.2, 0) is 17.6 Å². The summed E-state index contributed by atoms with van der Waals surface area (Å²) < 4.78 is 11.4. The zero-order valence-corrected chi connectivity index (χ0v) is 20.8. The summed E-state index contributed by atoms with van der Waals surface area (Å²) in [6.45, 7) is 7.23. The predicted octanol–water partition coefficient (Wildman–Crippen LogP) is 3.72. The van der Waals surface area contributed by atoms with Gasteiger partial charge in [0.1, 0.15) is 30.5 Å². The number of hydrogen-bond donors (Lipinski definition) is 0. The zero-order chi connectivity index (χ0) is 24.8. The first kappa shape index (κ1) is 24.5. The molecule has 1 aliphatic rings. The van der Waals surface area contributed by atoms with Gasteiger partial charge in [-0.15, -0.1) is 5.10 Å². The molecule has 0 aromatic carbocycles. The van der Waals surface area contributed by atoms with Crippen LogP contribution in [-0.4, -0.2) is 57.7 Å². The molecule has 0 saturated carbocycles.